The Hall–Kier alpha value is -1.74. The summed E-state index contributed by atoms with van der Waals surface area (Å²) in [7, 11) is 1.85. The summed E-state index contributed by atoms with van der Waals surface area (Å²) < 4.78 is 35.9. The number of halogens is 2. The highest BCUT2D eigenvalue weighted by atomic mass is 19.1. The lowest BCUT2D eigenvalue weighted by Gasteiger charge is -2.32. The van der Waals surface area contributed by atoms with E-state index in [9.17, 15) is 0 Å². The van der Waals surface area contributed by atoms with Crippen LogP contribution in [0.15, 0.2) is 36.4 Å². The summed E-state index contributed by atoms with van der Waals surface area (Å²) in [5.74, 6) is 2.23. The van der Waals surface area contributed by atoms with Crippen molar-refractivity contribution in [2.75, 3.05) is 7.11 Å². The molecule has 1 nitrogen and oxygen atoms in total. The van der Waals surface area contributed by atoms with Gasteiger partial charge < -0.3 is 4.74 Å². The van der Waals surface area contributed by atoms with E-state index >= 15 is 8.78 Å². The summed E-state index contributed by atoms with van der Waals surface area (Å²) in [6, 6.07) is 10.9. The molecule has 2 aromatic carbocycles. The lowest BCUT2D eigenvalue weighted by Crippen LogP contribution is -2.26. The highest BCUT2D eigenvalue weighted by molar-refractivity contribution is 5.65. The van der Waals surface area contributed by atoms with Gasteiger partial charge in [0.15, 0.2) is 0 Å². The molecular formula is C35H50F2O. The van der Waals surface area contributed by atoms with E-state index in [4.69, 9.17) is 4.74 Å². The molecule has 2 saturated carbocycles. The second kappa shape index (κ2) is 14.6. The number of hydrogen-bond acceptors (Lipinski definition) is 1. The molecule has 1 unspecified atom stereocenters. The van der Waals surface area contributed by atoms with Crippen LogP contribution in [-0.4, -0.2) is 13.2 Å². The van der Waals surface area contributed by atoms with Crippen molar-refractivity contribution >= 4 is 0 Å². The van der Waals surface area contributed by atoms with Crippen molar-refractivity contribution in [1.29, 1.82) is 0 Å². The summed E-state index contributed by atoms with van der Waals surface area (Å²) in [4.78, 5) is 0. The predicted molar refractivity (Wildman–Crippen MR) is 155 cm³/mol. The Kier molecular flexibility index (Phi) is 11.2. The van der Waals surface area contributed by atoms with E-state index < -0.39 is 0 Å². The van der Waals surface area contributed by atoms with Gasteiger partial charge in [-0.15, -0.1) is 0 Å². The minimum Gasteiger partial charge on any atom is -0.381 e. The summed E-state index contributed by atoms with van der Waals surface area (Å²) in [6.07, 6.45) is 18.5. The van der Waals surface area contributed by atoms with Crippen LogP contribution in [0.3, 0.4) is 0 Å². The van der Waals surface area contributed by atoms with Crippen LogP contribution in [-0.2, 0) is 11.2 Å². The van der Waals surface area contributed by atoms with Crippen molar-refractivity contribution in [2.45, 2.75) is 122 Å². The number of unbranched alkanes of at least 4 members (excludes halogenated alkanes) is 1. The Morgan fingerprint density at radius 2 is 1.39 bits per heavy atom. The molecule has 0 aromatic heterocycles. The summed E-state index contributed by atoms with van der Waals surface area (Å²) in [6.45, 7) is 4.48. The van der Waals surface area contributed by atoms with Crippen LogP contribution < -0.4 is 0 Å². The van der Waals surface area contributed by atoms with Gasteiger partial charge in [0.2, 0.25) is 0 Å². The van der Waals surface area contributed by atoms with Crippen molar-refractivity contribution in [3.05, 3.63) is 59.2 Å². The lowest BCUT2D eigenvalue weighted by atomic mass is 9.77. The molecule has 210 valence electrons. The second-order valence-corrected chi connectivity index (χ2v) is 12.3. The molecule has 38 heavy (non-hydrogen) atoms. The van der Waals surface area contributed by atoms with Gasteiger partial charge in [0.05, 0.1) is 6.10 Å². The number of hydrogen-bond donors (Lipinski definition) is 0. The molecule has 2 fully saturated rings. The molecule has 0 radical (unpaired) electrons. The summed E-state index contributed by atoms with van der Waals surface area (Å²) in [5.41, 5.74) is 2.85. The number of aryl methyl sites for hydroxylation is 1. The highest BCUT2D eigenvalue weighted by Crippen LogP contribution is 2.39. The predicted octanol–water partition coefficient (Wildman–Crippen LogP) is 10.6. The van der Waals surface area contributed by atoms with Gasteiger partial charge in [0.25, 0.3) is 0 Å². The maximum Gasteiger partial charge on any atom is 0.131 e. The van der Waals surface area contributed by atoms with Gasteiger partial charge in [0, 0.05) is 18.2 Å². The smallest absolute Gasteiger partial charge is 0.131 e. The average Bonchev–Trinajstić information content (AvgIpc) is 2.93. The van der Waals surface area contributed by atoms with Crippen molar-refractivity contribution in [3.8, 4) is 11.1 Å². The fourth-order valence-corrected chi connectivity index (χ4v) is 7.43. The SMILES string of the molecule is CCCC1CCC(c2ccc(-c3ccc(CCCCC4CCC(C(CC)OC)CC4)cc3F)c(F)c2)CC1. The maximum absolute atomic E-state index is 15.1. The van der Waals surface area contributed by atoms with Gasteiger partial charge in [-0.2, -0.15) is 0 Å². The van der Waals surface area contributed by atoms with Crippen molar-refractivity contribution in [1.82, 2.24) is 0 Å². The van der Waals surface area contributed by atoms with Crippen LogP contribution in [0.5, 0.6) is 0 Å². The third kappa shape index (κ3) is 7.68. The number of ether oxygens (including phenoxy) is 1. The summed E-state index contributed by atoms with van der Waals surface area (Å²) >= 11 is 0. The number of methoxy groups -OCH3 is 1. The molecule has 0 saturated heterocycles. The van der Waals surface area contributed by atoms with Gasteiger partial charge in [-0.25, -0.2) is 8.78 Å². The average molecular weight is 525 g/mol. The van der Waals surface area contributed by atoms with Crippen LogP contribution in [0.25, 0.3) is 11.1 Å². The van der Waals surface area contributed by atoms with Crippen LogP contribution >= 0.6 is 0 Å². The van der Waals surface area contributed by atoms with E-state index in [0.717, 1.165) is 61.0 Å². The molecule has 2 aliphatic rings. The van der Waals surface area contributed by atoms with Gasteiger partial charge >= 0.3 is 0 Å². The van der Waals surface area contributed by atoms with E-state index in [1.165, 1.54) is 64.2 Å². The second-order valence-electron chi connectivity index (χ2n) is 12.3. The first-order chi connectivity index (χ1) is 18.5. The molecular weight excluding hydrogens is 474 g/mol. The minimum atomic E-state index is -0.309. The molecule has 0 bridgehead atoms. The van der Waals surface area contributed by atoms with Crippen molar-refractivity contribution in [3.63, 3.8) is 0 Å². The van der Waals surface area contributed by atoms with Gasteiger partial charge in [-0.05, 0) is 105 Å². The third-order valence-electron chi connectivity index (χ3n) is 9.78. The fourth-order valence-electron chi connectivity index (χ4n) is 7.43. The van der Waals surface area contributed by atoms with E-state index in [1.54, 1.807) is 24.3 Å². The largest absolute Gasteiger partial charge is 0.381 e. The van der Waals surface area contributed by atoms with E-state index in [2.05, 4.69) is 13.8 Å². The molecule has 0 heterocycles. The van der Waals surface area contributed by atoms with Crippen molar-refractivity contribution < 1.29 is 13.5 Å². The molecule has 0 spiro atoms. The van der Waals surface area contributed by atoms with Gasteiger partial charge in [0.1, 0.15) is 11.6 Å². The Balaban J connectivity index is 1.24. The van der Waals surface area contributed by atoms with E-state index in [0.29, 0.717) is 23.1 Å². The number of benzene rings is 2. The number of rotatable bonds is 12. The molecule has 3 heteroatoms. The third-order valence-corrected chi connectivity index (χ3v) is 9.78. The highest BCUT2D eigenvalue weighted by Gasteiger charge is 2.26. The Morgan fingerprint density at radius 3 is 2.00 bits per heavy atom. The molecule has 1 atom stereocenters. The fraction of sp³-hybridized carbons (Fsp3) is 0.657. The first-order valence-electron chi connectivity index (χ1n) is 15.6. The zero-order valence-electron chi connectivity index (χ0n) is 24.1. The monoisotopic (exact) mass is 524 g/mol. The normalized spacial score (nSPS) is 24.9. The molecule has 2 aromatic rings. The lowest BCUT2D eigenvalue weighted by molar-refractivity contribution is 0.0264. The quantitative estimate of drug-likeness (QED) is 0.251. The topological polar surface area (TPSA) is 9.23 Å². The molecule has 4 rings (SSSR count). The maximum atomic E-state index is 15.1. The minimum absolute atomic E-state index is 0.296. The first kappa shape index (κ1) is 29.2. The van der Waals surface area contributed by atoms with Crippen molar-refractivity contribution in [2.24, 2.45) is 17.8 Å². The van der Waals surface area contributed by atoms with Crippen LogP contribution in [0.2, 0.25) is 0 Å². The van der Waals surface area contributed by atoms with Crippen LogP contribution in [0, 0.1) is 29.4 Å². The molecule has 0 aliphatic heterocycles. The van der Waals surface area contributed by atoms with Crippen LogP contribution in [0.4, 0.5) is 8.78 Å². The van der Waals surface area contributed by atoms with Gasteiger partial charge in [-0.1, -0.05) is 76.6 Å². The first-order valence-corrected chi connectivity index (χ1v) is 15.6. The van der Waals surface area contributed by atoms with E-state index in [-0.39, 0.29) is 11.6 Å². The Bertz CT molecular complexity index is 981. The Labute approximate surface area is 230 Å². The molecule has 0 amide bonds. The zero-order chi connectivity index (χ0) is 26.9. The zero-order valence-corrected chi connectivity index (χ0v) is 24.1. The molecule has 0 N–H and O–H groups in total. The Morgan fingerprint density at radius 1 is 0.763 bits per heavy atom. The van der Waals surface area contributed by atoms with E-state index in [1.807, 2.05) is 19.2 Å². The molecule has 2 aliphatic carbocycles. The van der Waals surface area contributed by atoms with Gasteiger partial charge in [-0.3, -0.25) is 0 Å². The standard InChI is InChI=1S/C35H50F2O/c1-4-8-25-11-16-28(17-12-25)30-20-22-32(34(37)24-30)31-21-15-27(23-33(31)36)10-7-6-9-26-13-18-29(19-14-26)35(5-2)38-3/h15,20-26,28-29,35H,4-14,16-19H2,1-3H3. The van der Waals surface area contributed by atoms with Crippen LogP contribution in [0.1, 0.15) is 121 Å². The summed E-state index contributed by atoms with van der Waals surface area (Å²) in [5, 5.41) is 0.